The van der Waals surface area contributed by atoms with E-state index in [-0.39, 0.29) is 6.04 Å². The Labute approximate surface area is 109 Å². The van der Waals surface area contributed by atoms with Crippen molar-refractivity contribution in [2.75, 3.05) is 7.05 Å². The predicted octanol–water partition coefficient (Wildman–Crippen LogP) is 3.91. The highest BCUT2D eigenvalue weighted by atomic mass is 16.3. The van der Waals surface area contributed by atoms with Crippen molar-refractivity contribution in [3.05, 3.63) is 59.5 Å². The van der Waals surface area contributed by atoms with Crippen molar-refractivity contribution in [1.29, 1.82) is 0 Å². The Kier molecular flexibility index (Phi) is 4.21. The number of rotatable bonds is 5. The van der Waals surface area contributed by atoms with Gasteiger partial charge in [0.25, 0.3) is 0 Å². The molecule has 1 heterocycles. The van der Waals surface area contributed by atoms with Crippen LogP contribution in [0.4, 0.5) is 0 Å². The lowest BCUT2D eigenvalue weighted by atomic mass is 9.98. The molecule has 18 heavy (non-hydrogen) atoms. The van der Waals surface area contributed by atoms with E-state index in [1.807, 2.05) is 19.2 Å². The zero-order valence-electron chi connectivity index (χ0n) is 11.3. The van der Waals surface area contributed by atoms with E-state index in [9.17, 15) is 0 Å². The van der Waals surface area contributed by atoms with Gasteiger partial charge in [0.05, 0.1) is 12.3 Å². The standard InChI is InChI=1S/C16H21NO/c1-12(2)14-8-6-13(7-9-14)11-15(17-3)16-5-4-10-18-16/h4-10,12,15,17H,11H2,1-3H3. The van der Waals surface area contributed by atoms with Gasteiger partial charge in [-0.2, -0.15) is 0 Å². The molecule has 1 unspecified atom stereocenters. The maximum Gasteiger partial charge on any atom is 0.121 e. The second kappa shape index (κ2) is 5.87. The molecule has 0 bridgehead atoms. The summed E-state index contributed by atoms with van der Waals surface area (Å²) >= 11 is 0. The van der Waals surface area contributed by atoms with E-state index in [1.165, 1.54) is 11.1 Å². The topological polar surface area (TPSA) is 25.2 Å². The quantitative estimate of drug-likeness (QED) is 0.861. The zero-order valence-corrected chi connectivity index (χ0v) is 11.3. The summed E-state index contributed by atoms with van der Waals surface area (Å²) in [6.45, 7) is 4.43. The second-order valence-corrected chi connectivity index (χ2v) is 4.96. The monoisotopic (exact) mass is 243 g/mol. The number of likely N-dealkylation sites (N-methyl/N-ethyl adjacent to an activating group) is 1. The van der Waals surface area contributed by atoms with Crippen LogP contribution in [0, 0.1) is 0 Å². The van der Waals surface area contributed by atoms with Crippen LogP contribution in [0.5, 0.6) is 0 Å². The van der Waals surface area contributed by atoms with Gasteiger partial charge in [0.15, 0.2) is 0 Å². The van der Waals surface area contributed by atoms with Crippen LogP contribution in [-0.2, 0) is 6.42 Å². The van der Waals surface area contributed by atoms with Crippen LogP contribution < -0.4 is 5.32 Å². The molecule has 1 aromatic carbocycles. The van der Waals surface area contributed by atoms with E-state index in [0.717, 1.165) is 12.2 Å². The van der Waals surface area contributed by atoms with Crippen molar-refractivity contribution in [2.45, 2.75) is 32.2 Å². The Balaban J connectivity index is 2.08. The minimum atomic E-state index is 0.241. The Hall–Kier alpha value is -1.54. The highest BCUT2D eigenvalue weighted by Crippen LogP contribution is 2.20. The van der Waals surface area contributed by atoms with Gasteiger partial charge in [0, 0.05) is 0 Å². The summed E-state index contributed by atoms with van der Waals surface area (Å²) in [5.41, 5.74) is 2.72. The number of hydrogen-bond acceptors (Lipinski definition) is 2. The van der Waals surface area contributed by atoms with Crippen molar-refractivity contribution in [2.24, 2.45) is 0 Å². The normalized spacial score (nSPS) is 12.9. The fourth-order valence-corrected chi connectivity index (χ4v) is 2.11. The van der Waals surface area contributed by atoms with E-state index < -0.39 is 0 Å². The van der Waals surface area contributed by atoms with Gasteiger partial charge in [-0.1, -0.05) is 38.1 Å². The van der Waals surface area contributed by atoms with Gasteiger partial charge in [0.1, 0.15) is 5.76 Å². The molecule has 0 aliphatic carbocycles. The molecule has 2 rings (SSSR count). The van der Waals surface area contributed by atoms with Gasteiger partial charge in [-0.15, -0.1) is 0 Å². The maximum absolute atomic E-state index is 5.46. The molecule has 0 amide bonds. The highest BCUT2D eigenvalue weighted by molar-refractivity contribution is 5.26. The van der Waals surface area contributed by atoms with Crippen molar-refractivity contribution in [3.8, 4) is 0 Å². The molecule has 1 N–H and O–H groups in total. The molecule has 2 aromatic rings. The fraction of sp³-hybridized carbons (Fsp3) is 0.375. The van der Waals surface area contributed by atoms with Gasteiger partial charge in [-0.25, -0.2) is 0 Å². The van der Waals surface area contributed by atoms with Crippen molar-refractivity contribution in [1.82, 2.24) is 5.32 Å². The van der Waals surface area contributed by atoms with Gasteiger partial charge in [-0.3, -0.25) is 0 Å². The Morgan fingerprint density at radius 3 is 2.33 bits per heavy atom. The molecule has 96 valence electrons. The van der Waals surface area contributed by atoms with Crippen molar-refractivity contribution in [3.63, 3.8) is 0 Å². The van der Waals surface area contributed by atoms with Crippen LogP contribution >= 0.6 is 0 Å². The lowest BCUT2D eigenvalue weighted by Crippen LogP contribution is -2.18. The van der Waals surface area contributed by atoms with E-state index in [4.69, 9.17) is 4.42 Å². The first-order valence-electron chi connectivity index (χ1n) is 6.50. The summed E-state index contributed by atoms with van der Waals surface area (Å²) in [4.78, 5) is 0. The molecule has 0 spiro atoms. The lowest BCUT2D eigenvalue weighted by molar-refractivity contribution is 0.429. The molecule has 0 radical (unpaired) electrons. The Bertz CT molecular complexity index is 456. The Morgan fingerprint density at radius 2 is 1.83 bits per heavy atom. The summed E-state index contributed by atoms with van der Waals surface area (Å²) in [7, 11) is 1.97. The second-order valence-electron chi connectivity index (χ2n) is 4.96. The van der Waals surface area contributed by atoms with Crippen LogP contribution in [0.2, 0.25) is 0 Å². The van der Waals surface area contributed by atoms with E-state index in [1.54, 1.807) is 6.26 Å². The maximum atomic E-state index is 5.46. The molecule has 1 aromatic heterocycles. The van der Waals surface area contributed by atoms with E-state index >= 15 is 0 Å². The first kappa shape index (κ1) is 12.9. The minimum absolute atomic E-state index is 0.241. The number of hydrogen-bond donors (Lipinski definition) is 1. The van der Waals surface area contributed by atoms with Gasteiger partial charge >= 0.3 is 0 Å². The summed E-state index contributed by atoms with van der Waals surface area (Å²) in [6.07, 6.45) is 2.67. The van der Waals surface area contributed by atoms with Crippen LogP contribution in [0.15, 0.2) is 47.1 Å². The SMILES string of the molecule is CNC(Cc1ccc(C(C)C)cc1)c1ccco1. The zero-order chi connectivity index (χ0) is 13.0. The van der Waals surface area contributed by atoms with Gasteiger partial charge in [-0.05, 0) is 42.6 Å². The minimum Gasteiger partial charge on any atom is -0.468 e. The molecular weight excluding hydrogens is 222 g/mol. The molecule has 2 heteroatoms. The summed E-state index contributed by atoms with van der Waals surface area (Å²) in [5.74, 6) is 1.58. The molecule has 0 fully saturated rings. The number of furan rings is 1. The first-order chi connectivity index (χ1) is 8.70. The van der Waals surface area contributed by atoms with Crippen LogP contribution in [0.3, 0.4) is 0 Å². The van der Waals surface area contributed by atoms with Crippen LogP contribution in [0.25, 0.3) is 0 Å². The summed E-state index contributed by atoms with van der Waals surface area (Å²) < 4.78 is 5.46. The van der Waals surface area contributed by atoms with Crippen molar-refractivity contribution < 1.29 is 4.42 Å². The average Bonchev–Trinajstić information content (AvgIpc) is 2.90. The predicted molar refractivity (Wildman–Crippen MR) is 74.7 cm³/mol. The smallest absolute Gasteiger partial charge is 0.121 e. The van der Waals surface area contributed by atoms with Gasteiger partial charge in [0.2, 0.25) is 0 Å². The molecule has 1 atom stereocenters. The third-order valence-electron chi connectivity index (χ3n) is 3.32. The van der Waals surface area contributed by atoms with Crippen molar-refractivity contribution >= 4 is 0 Å². The number of nitrogens with one attached hydrogen (secondary N) is 1. The largest absolute Gasteiger partial charge is 0.468 e. The Morgan fingerprint density at radius 1 is 1.11 bits per heavy atom. The molecule has 0 aliphatic heterocycles. The molecule has 2 nitrogen and oxygen atoms in total. The lowest BCUT2D eigenvalue weighted by Gasteiger charge is -2.14. The molecule has 0 saturated carbocycles. The van der Waals surface area contributed by atoms with Crippen LogP contribution in [-0.4, -0.2) is 7.05 Å². The highest BCUT2D eigenvalue weighted by Gasteiger charge is 2.12. The van der Waals surface area contributed by atoms with E-state index in [0.29, 0.717) is 5.92 Å². The van der Waals surface area contributed by atoms with Gasteiger partial charge < -0.3 is 9.73 Å². The average molecular weight is 243 g/mol. The third-order valence-corrected chi connectivity index (χ3v) is 3.32. The molecule has 0 saturated heterocycles. The molecule has 0 aliphatic rings. The summed E-state index contributed by atoms with van der Waals surface area (Å²) in [5, 5.41) is 3.30. The van der Waals surface area contributed by atoms with E-state index in [2.05, 4.69) is 43.4 Å². The van der Waals surface area contributed by atoms with Crippen LogP contribution in [0.1, 0.15) is 42.7 Å². The molecular formula is C16H21NO. The summed E-state index contributed by atoms with van der Waals surface area (Å²) in [6, 6.07) is 13.0. The number of benzene rings is 1. The third kappa shape index (κ3) is 3.02. The fourth-order valence-electron chi connectivity index (χ4n) is 2.11. The first-order valence-corrected chi connectivity index (χ1v) is 6.50.